The van der Waals surface area contributed by atoms with E-state index in [0.717, 1.165) is 5.56 Å². The fourth-order valence-electron chi connectivity index (χ4n) is 1.26. The van der Waals surface area contributed by atoms with Crippen molar-refractivity contribution in [3.8, 4) is 0 Å². The third-order valence-corrected chi connectivity index (χ3v) is 2.49. The normalized spacial score (nSPS) is 14.6. The summed E-state index contributed by atoms with van der Waals surface area (Å²) in [5.74, 6) is 0. The Kier molecular flexibility index (Phi) is 3.79. The van der Waals surface area contributed by atoms with Gasteiger partial charge in [-0.25, -0.2) is 15.4 Å². The summed E-state index contributed by atoms with van der Waals surface area (Å²) < 4.78 is 25.1. The minimum atomic E-state index is -2.58. The summed E-state index contributed by atoms with van der Waals surface area (Å²) in [6.45, 7) is 8.11. The molecule has 0 radical (unpaired) electrons. The molecule has 1 unspecified atom stereocenters. The molecule has 0 fully saturated rings. The molecule has 1 rings (SSSR count). The van der Waals surface area contributed by atoms with Gasteiger partial charge in [0, 0.05) is 13.3 Å². The van der Waals surface area contributed by atoms with Crippen molar-refractivity contribution in [2.45, 2.75) is 31.7 Å². The van der Waals surface area contributed by atoms with Gasteiger partial charge in [-0.05, 0) is 12.0 Å². The molecule has 1 aromatic carbocycles. The second kappa shape index (κ2) is 4.88. The lowest BCUT2D eigenvalue weighted by Crippen LogP contribution is -2.30. The van der Waals surface area contributed by atoms with Crippen LogP contribution in [-0.4, -0.2) is 12.0 Å². The first kappa shape index (κ1) is 11.6. The van der Waals surface area contributed by atoms with E-state index in [9.17, 15) is 8.78 Å². The van der Waals surface area contributed by atoms with Crippen LogP contribution in [-0.2, 0) is 6.42 Å². The van der Waals surface area contributed by atoms with Crippen LogP contribution in [0.5, 0.6) is 0 Å². The molecule has 0 N–H and O–H groups in total. The standard InChI is InChI=1S/C12H13F2N/c1-12(15-2,11(13)14)9-8-10-6-4-3-5-7-10/h3-7,11H,8-9H2,1H3. The lowest BCUT2D eigenvalue weighted by atomic mass is 9.94. The minimum absolute atomic E-state index is 0.193. The molecule has 0 bridgehead atoms. The van der Waals surface area contributed by atoms with Gasteiger partial charge in [-0.3, -0.25) is 0 Å². The molecule has 0 aliphatic rings. The lowest BCUT2D eigenvalue weighted by molar-refractivity contribution is 0.0798. The lowest BCUT2D eigenvalue weighted by Gasteiger charge is -2.15. The number of hydrogen-bond acceptors (Lipinski definition) is 0. The van der Waals surface area contributed by atoms with E-state index < -0.39 is 12.0 Å². The van der Waals surface area contributed by atoms with E-state index in [1.54, 1.807) is 0 Å². The van der Waals surface area contributed by atoms with Gasteiger partial charge < -0.3 is 4.85 Å². The summed E-state index contributed by atoms with van der Waals surface area (Å²) in [4.78, 5) is 3.03. The molecule has 0 spiro atoms. The first-order valence-corrected chi connectivity index (χ1v) is 4.79. The van der Waals surface area contributed by atoms with Crippen LogP contribution in [0.4, 0.5) is 8.78 Å². The number of hydrogen-bond donors (Lipinski definition) is 0. The SMILES string of the molecule is [C-]#[N+]C(C)(CCc1ccccc1)C(F)F. The zero-order chi connectivity index (χ0) is 11.3. The Morgan fingerprint density at radius 3 is 2.40 bits per heavy atom. The second-order valence-electron chi connectivity index (χ2n) is 3.76. The predicted octanol–water partition coefficient (Wildman–Crippen LogP) is 3.56. The maximum absolute atomic E-state index is 12.6. The molecule has 0 aliphatic heterocycles. The first-order chi connectivity index (χ1) is 7.08. The van der Waals surface area contributed by atoms with Crippen LogP contribution < -0.4 is 0 Å². The third-order valence-electron chi connectivity index (χ3n) is 2.49. The third kappa shape index (κ3) is 3.02. The highest BCUT2D eigenvalue weighted by Gasteiger charge is 2.41. The van der Waals surface area contributed by atoms with Crippen LogP contribution in [0, 0.1) is 6.57 Å². The smallest absolute Gasteiger partial charge is 0.304 e. The Hall–Kier alpha value is -1.43. The molecule has 0 amide bonds. The average Bonchev–Trinajstić information content (AvgIpc) is 2.27. The number of halogens is 2. The predicted molar refractivity (Wildman–Crippen MR) is 55.8 cm³/mol. The molecule has 0 heterocycles. The van der Waals surface area contributed by atoms with Crippen molar-refractivity contribution in [1.82, 2.24) is 0 Å². The number of rotatable bonds is 4. The van der Waals surface area contributed by atoms with Crippen molar-refractivity contribution in [3.05, 3.63) is 47.3 Å². The molecular weight excluding hydrogens is 196 g/mol. The van der Waals surface area contributed by atoms with Gasteiger partial charge in [0.15, 0.2) is 0 Å². The molecule has 3 heteroatoms. The van der Waals surface area contributed by atoms with Crippen LogP contribution in [0.25, 0.3) is 4.85 Å². The van der Waals surface area contributed by atoms with Gasteiger partial charge in [0.1, 0.15) is 0 Å². The highest BCUT2D eigenvalue weighted by molar-refractivity contribution is 5.16. The molecule has 0 saturated carbocycles. The Balaban J connectivity index is 2.61. The van der Waals surface area contributed by atoms with E-state index in [1.807, 2.05) is 30.3 Å². The van der Waals surface area contributed by atoms with Crippen molar-refractivity contribution < 1.29 is 8.78 Å². The van der Waals surface area contributed by atoms with E-state index in [-0.39, 0.29) is 6.42 Å². The van der Waals surface area contributed by atoms with E-state index in [1.165, 1.54) is 6.92 Å². The molecule has 0 aromatic heterocycles. The Morgan fingerprint density at radius 2 is 1.93 bits per heavy atom. The Bertz CT molecular complexity index is 342. The monoisotopic (exact) mass is 209 g/mol. The average molecular weight is 209 g/mol. The molecule has 1 nitrogen and oxygen atoms in total. The number of benzene rings is 1. The summed E-state index contributed by atoms with van der Waals surface area (Å²) in [6.07, 6.45) is -1.87. The summed E-state index contributed by atoms with van der Waals surface area (Å²) >= 11 is 0. The summed E-state index contributed by atoms with van der Waals surface area (Å²) in [5, 5.41) is 0. The summed E-state index contributed by atoms with van der Waals surface area (Å²) in [5.41, 5.74) is -0.552. The van der Waals surface area contributed by atoms with Gasteiger partial charge in [0.05, 0.1) is 0 Å². The van der Waals surface area contributed by atoms with Crippen molar-refractivity contribution in [2.75, 3.05) is 0 Å². The maximum Gasteiger partial charge on any atom is 0.314 e. The molecular formula is C12H13F2N. The summed E-state index contributed by atoms with van der Waals surface area (Å²) in [6, 6.07) is 9.39. The van der Waals surface area contributed by atoms with Crippen LogP contribution in [0.15, 0.2) is 30.3 Å². The summed E-state index contributed by atoms with van der Waals surface area (Å²) in [7, 11) is 0. The quantitative estimate of drug-likeness (QED) is 0.668. The van der Waals surface area contributed by atoms with E-state index >= 15 is 0 Å². The highest BCUT2D eigenvalue weighted by atomic mass is 19.3. The molecule has 1 aromatic rings. The first-order valence-electron chi connectivity index (χ1n) is 4.79. The van der Waals surface area contributed by atoms with E-state index in [2.05, 4.69) is 4.85 Å². The number of alkyl halides is 2. The Labute approximate surface area is 88.6 Å². The maximum atomic E-state index is 12.6. The van der Waals surface area contributed by atoms with Crippen molar-refractivity contribution >= 4 is 0 Å². The number of aryl methyl sites for hydroxylation is 1. The second-order valence-corrected chi connectivity index (χ2v) is 3.76. The van der Waals surface area contributed by atoms with Gasteiger partial charge in [-0.15, -0.1) is 0 Å². The van der Waals surface area contributed by atoms with Crippen LogP contribution >= 0.6 is 0 Å². The zero-order valence-electron chi connectivity index (χ0n) is 8.58. The van der Waals surface area contributed by atoms with Gasteiger partial charge in [0.2, 0.25) is 0 Å². The van der Waals surface area contributed by atoms with Crippen LogP contribution in [0.2, 0.25) is 0 Å². The molecule has 1 atom stereocenters. The van der Waals surface area contributed by atoms with Crippen LogP contribution in [0.3, 0.4) is 0 Å². The van der Waals surface area contributed by atoms with Crippen molar-refractivity contribution in [3.63, 3.8) is 0 Å². The molecule has 0 aliphatic carbocycles. The minimum Gasteiger partial charge on any atom is -0.304 e. The topological polar surface area (TPSA) is 4.36 Å². The zero-order valence-corrected chi connectivity index (χ0v) is 8.58. The Morgan fingerprint density at radius 1 is 1.33 bits per heavy atom. The van der Waals surface area contributed by atoms with Crippen LogP contribution in [0.1, 0.15) is 18.9 Å². The van der Waals surface area contributed by atoms with E-state index in [4.69, 9.17) is 6.57 Å². The van der Waals surface area contributed by atoms with E-state index in [0.29, 0.717) is 6.42 Å². The van der Waals surface area contributed by atoms with Crippen molar-refractivity contribution in [2.24, 2.45) is 0 Å². The van der Waals surface area contributed by atoms with Crippen molar-refractivity contribution in [1.29, 1.82) is 0 Å². The molecule has 15 heavy (non-hydrogen) atoms. The fraction of sp³-hybridized carbons (Fsp3) is 0.417. The highest BCUT2D eigenvalue weighted by Crippen LogP contribution is 2.26. The number of nitrogens with zero attached hydrogens (tertiary/aromatic N) is 1. The fourth-order valence-corrected chi connectivity index (χ4v) is 1.26. The van der Waals surface area contributed by atoms with Gasteiger partial charge >= 0.3 is 6.43 Å². The van der Waals surface area contributed by atoms with Gasteiger partial charge in [-0.1, -0.05) is 30.3 Å². The molecule has 0 saturated heterocycles. The van der Waals surface area contributed by atoms with Gasteiger partial charge in [0.25, 0.3) is 5.54 Å². The molecule has 80 valence electrons. The largest absolute Gasteiger partial charge is 0.314 e. The van der Waals surface area contributed by atoms with Gasteiger partial charge in [-0.2, -0.15) is 0 Å².